The zero-order valence-corrected chi connectivity index (χ0v) is 12.0. The molecule has 0 bridgehead atoms. The molecule has 1 rings (SSSR count). The third-order valence-corrected chi connectivity index (χ3v) is 4.06. The molecule has 2 nitrogen and oxygen atoms in total. The molecule has 0 heterocycles. The molecule has 0 aliphatic heterocycles. The van der Waals surface area contributed by atoms with Crippen LogP contribution in [-0.2, 0) is 9.53 Å². The van der Waals surface area contributed by atoms with Gasteiger partial charge in [-0.1, -0.05) is 45.6 Å². The lowest BCUT2D eigenvalue weighted by Gasteiger charge is -2.28. The Bertz CT molecular complexity index is 270. The Morgan fingerprint density at radius 3 is 2.67 bits per heavy atom. The van der Waals surface area contributed by atoms with Gasteiger partial charge in [0.1, 0.15) is 0 Å². The van der Waals surface area contributed by atoms with Crippen LogP contribution in [0.5, 0.6) is 0 Å². The molecule has 1 saturated carbocycles. The Kier molecular flexibility index (Phi) is 7.07. The van der Waals surface area contributed by atoms with E-state index in [2.05, 4.69) is 13.5 Å². The van der Waals surface area contributed by atoms with E-state index in [0.29, 0.717) is 12.2 Å². The summed E-state index contributed by atoms with van der Waals surface area (Å²) in [6.45, 7) is 8.12. The van der Waals surface area contributed by atoms with Crippen LogP contribution in [0.1, 0.15) is 65.2 Å². The van der Waals surface area contributed by atoms with Crippen molar-refractivity contribution in [2.24, 2.45) is 11.8 Å². The van der Waals surface area contributed by atoms with Crippen molar-refractivity contribution in [3.63, 3.8) is 0 Å². The van der Waals surface area contributed by atoms with Crippen LogP contribution >= 0.6 is 0 Å². The zero-order chi connectivity index (χ0) is 13.4. The van der Waals surface area contributed by atoms with Crippen molar-refractivity contribution in [1.82, 2.24) is 0 Å². The van der Waals surface area contributed by atoms with Crippen LogP contribution in [0.15, 0.2) is 12.2 Å². The number of rotatable bonds is 7. The minimum absolute atomic E-state index is 0.251. The number of carbonyl (C=O) groups excluding carboxylic acids is 1. The van der Waals surface area contributed by atoms with Gasteiger partial charge in [-0.2, -0.15) is 0 Å². The monoisotopic (exact) mass is 252 g/mol. The second-order valence-electron chi connectivity index (χ2n) is 5.72. The summed E-state index contributed by atoms with van der Waals surface area (Å²) < 4.78 is 5.10. The first kappa shape index (κ1) is 15.3. The van der Waals surface area contributed by atoms with Crippen molar-refractivity contribution in [3.8, 4) is 0 Å². The van der Waals surface area contributed by atoms with Crippen LogP contribution in [0.2, 0.25) is 0 Å². The van der Waals surface area contributed by atoms with E-state index < -0.39 is 0 Å². The number of ether oxygens (including phenoxy) is 1. The van der Waals surface area contributed by atoms with Crippen LogP contribution in [0.3, 0.4) is 0 Å². The van der Waals surface area contributed by atoms with Crippen LogP contribution in [0, 0.1) is 11.8 Å². The van der Waals surface area contributed by atoms with Crippen molar-refractivity contribution in [2.75, 3.05) is 6.61 Å². The van der Waals surface area contributed by atoms with E-state index in [4.69, 9.17) is 4.74 Å². The van der Waals surface area contributed by atoms with Gasteiger partial charge in [-0.3, -0.25) is 0 Å². The highest BCUT2D eigenvalue weighted by molar-refractivity contribution is 5.86. The summed E-state index contributed by atoms with van der Waals surface area (Å²) in [5.41, 5.74) is 0.494. The maximum Gasteiger partial charge on any atom is 0.333 e. The lowest BCUT2D eigenvalue weighted by molar-refractivity contribution is -0.139. The number of hydrogen-bond donors (Lipinski definition) is 0. The van der Waals surface area contributed by atoms with E-state index in [9.17, 15) is 4.79 Å². The Balaban J connectivity index is 2.04. The fourth-order valence-electron chi connectivity index (χ4n) is 2.86. The minimum Gasteiger partial charge on any atom is -0.462 e. The highest BCUT2D eigenvalue weighted by Gasteiger charge is 2.20. The quantitative estimate of drug-likeness (QED) is 0.379. The lowest BCUT2D eigenvalue weighted by Crippen LogP contribution is -2.15. The van der Waals surface area contributed by atoms with Gasteiger partial charge in [-0.15, -0.1) is 0 Å². The second kappa shape index (κ2) is 8.34. The molecule has 1 fully saturated rings. The molecule has 104 valence electrons. The van der Waals surface area contributed by atoms with E-state index in [0.717, 1.165) is 18.3 Å². The molecule has 2 atom stereocenters. The zero-order valence-electron chi connectivity index (χ0n) is 12.0. The molecule has 0 aromatic carbocycles. The molecule has 1 aliphatic carbocycles. The van der Waals surface area contributed by atoms with Crippen molar-refractivity contribution in [2.45, 2.75) is 65.2 Å². The normalized spacial score (nSPS) is 23.7. The van der Waals surface area contributed by atoms with Crippen LogP contribution < -0.4 is 0 Å². The molecule has 0 radical (unpaired) electrons. The molecule has 0 aromatic heterocycles. The topological polar surface area (TPSA) is 26.3 Å². The average Bonchev–Trinajstić information content (AvgIpc) is 2.38. The Hall–Kier alpha value is -0.790. The predicted octanol–water partition coefficient (Wildman–Crippen LogP) is 4.49. The van der Waals surface area contributed by atoms with Gasteiger partial charge in [-0.25, -0.2) is 4.79 Å². The Morgan fingerprint density at radius 1 is 1.28 bits per heavy atom. The van der Waals surface area contributed by atoms with E-state index in [-0.39, 0.29) is 5.97 Å². The standard InChI is InChI=1S/C16H28O2/c1-4-14-9-7-10-15(12-14)8-5-6-11-18-16(17)13(2)3/h14-15H,2,4-12H2,1,3H3. The van der Waals surface area contributed by atoms with Gasteiger partial charge >= 0.3 is 5.97 Å². The Labute approximate surface area is 112 Å². The van der Waals surface area contributed by atoms with Gasteiger partial charge < -0.3 is 4.74 Å². The number of carbonyl (C=O) groups is 1. The van der Waals surface area contributed by atoms with Gasteiger partial charge in [0.15, 0.2) is 0 Å². The summed E-state index contributed by atoms with van der Waals surface area (Å²) in [4.78, 5) is 11.2. The molecular formula is C16H28O2. The first-order chi connectivity index (χ1) is 8.63. The fraction of sp³-hybridized carbons (Fsp3) is 0.812. The summed E-state index contributed by atoms with van der Waals surface area (Å²) >= 11 is 0. The first-order valence-electron chi connectivity index (χ1n) is 7.46. The Morgan fingerprint density at radius 2 is 2.00 bits per heavy atom. The molecule has 0 saturated heterocycles. The van der Waals surface area contributed by atoms with E-state index in [1.54, 1.807) is 6.92 Å². The smallest absolute Gasteiger partial charge is 0.333 e. The van der Waals surface area contributed by atoms with Gasteiger partial charge in [0.05, 0.1) is 6.61 Å². The van der Waals surface area contributed by atoms with Gasteiger partial charge in [-0.05, 0) is 38.0 Å². The molecule has 2 heteroatoms. The van der Waals surface area contributed by atoms with Crippen molar-refractivity contribution >= 4 is 5.97 Å². The molecule has 18 heavy (non-hydrogen) atoms. The number of esters is 1. The SMILES string of the molecule is C=C(C)C(=O)OCCCCC1CCCC(CC)C1. The van der Waals surface area contributed by atoms with E-state index in [1.165, 1.54) is 44.9 Å². The summed E-state index contributed by atoms with van der Waals surface area (Å²) in [6.07, 6.45) is 10.5. The lowest BCUT2D eigenvalue weighted by atomic mass is 9.78. The summed E-state index contributed by atoms with van der Waals surface area (Å²) in [5.74, 6) is 1.63. The molecule has 0 N–H and O–H groups in total. The minimum atomic E-state index is -0.251. The molecule has 0 amide bonds. The summed E-state index contributed by atoms with van der Waals surface area (Å²) in [6, 6.07) is 0. The first-order valence-corrected chi connectivity index (χ1v) is 7.46. The molecule has 0 spiro atoms. The molecule has 0 aromatic rings. The van der Waals surface area contributed by atoms with Crippen LogP contribution in [0.25, 0.3) is 0 Å². The van der Waals surface area contributed by atoms with E-state index in [1.807, 2.05) is 0 Å². The second-order valence-corrected chi connectivity index (χ2v) is 5.72. The number of unbranched alkanes of at least 4 members (excludes halogenated alkanes) is 1. The molecule has 1 aliphatic rings. The van der Waals surface area contributed by atoms with Crippen molar-refractivity contribution in [3.05, 3.63) is 12.2 Å². The van der Waals surface area contributed by atoms with Crippen molar-refractivity contribution in [1.29, 1.82) is 0 Å². The van der Waals surface area contributed by atoms with Gasteiger partial charge in [0.25, 0.3) is 0 Å². The van der Waals surface area contributed by atoms with Gasteiger partial charge in [0, 0.05) is 5.57 Å². The fourth-order valence-corrected chi connectivity index (χ4v) is 2.86. The number of hydrogen-bond acceptors (Lipinski definition) is 2. The molecule has 2 unspecified atom stereocenters. The van der Waals surface area contributed by atoms with Crippen LogP contribution in [0.4, 0.5) is 0 Å². The van der Waals surface area contributed by atoms with Crippen LogP contribution in [-0.4, -0.2) is 12.6 Å². The summed E-state index contributed by atoms with van der Waals surface area (Å²) in [7, 11) is 0. The van der Waals surface area contributed by atoms with Crippen molar-refractivity contribution < 1.29 is 9.53 Å². The third-order valence-electron chi connectivity index (χ3n) is 4.06. The highest BCUT2D eigenvalue weighted by atomic mass is 16.5. The van der Waals surface area contributed by atoms with Gasteiger partial charge in [0.2, 0.25) is 0 Å². The largest absolute Gasteiger partial charge is 0.462 e. The maximum atomic E-state index is 11.2. The molecular weight excluding hydrogens is 224 g/mol. The average molecular weight is 252 g/mol. The highest BCUT2D eigenvalue weighted by Crippen LogP contribution is 2.33. The maximum absolute atomic E-state index is 11.2. The summed E-state index contributed by atoms with van der Waals surface area (Å²) in [5, 5.41) is 0. The predicted molar refractivity (Wildman–Crippen MR) is 75.4 cm³/mol. The van der Waals surface area contributed by atoms with E-state index >= 15 is 0 Å². The third kappa shape index (κ3) is 5.70.